The molecule has 30 heavy (non-hydrogen) atoms. The number of fused-ring (bicyclic) bond motifs is 1. The summed E-state index contributed by atoms with van der Waals surface area (Å²) >= 11 is 0. The van der Waals surface area contributed by atoms with Crippen LogP contribution in [0.2, 0.25) is 0 Å². The van der Waals surface area contributed by atoms with E-state index in [-0.39, 0.29) is 47.3 Å². The number of terminal acetylenes is 1. The molecule has 1 fully saturated rings. The summed E-state index contributed by atoms with van der Waals surface area (Å²) in [6.45, 7) is 1.52. The number of halogens is 1. The molecule has 0 saturated heterocycles. The first-order valence-corrected chi connectivity index (χ1v) is 9.18. The van der Waals surface area contributed by atoms with Gasteiger partial charge in [0.2, 0.25) is 6.41 Å². The van der Waals surface area contributed by atoms with Crippen molar-refractivity contribution in [2.75, 3.05) is 16.3 Å². The molecule has 8 heteroatoms. The fourth-order valence-electron chi connectivity index (χ4n) is 3.53. The molecular formula is C22H17FN2O5. The number of hydrogen-bond donors (Lipinski definition) is 1. The van der Waals surface area contributed by atoms with E-state index in [1.807, 2.05) is 0 Å². The molecule has 1 saturated carbocycles. The van der Waals surface area contributed by atoms with E-state index >= 15 is 0 Å². The number of phenols is 1. The smallest absolute Gasteiger partial charge is 0.272 e. The molecule has 7 nitrogen and oxygen atoms in total. The first-order valence-electron chi connectivity index (χ1n) is 9.18. The molecule has 1 aliphatic heterocycles. The number of benzene rings is 2. The Balaban J connectivity index is 1.79. The Morgan fingerprint density at radius 2 is 2.13 bits per heavy atom. The van der Waals surface area contributed by atoms with Crippen molar-refractivity contribution in [3.8, 4) is 23.8 Å². The van der Waals surface area contributed by atoms with Gasteiger partial charge in [0, 0.05) is 24.5 Å². The summed E-state index contributed by atoms with van der Waals surface area (Å²) in [6, 6.07) is 6.25. The molecular weight excluding hydrogens is 391 g/mol. The van der Waals surface area contributed by atoms with Crippen LogP contribution in [0.15, 0.2) is 30.3 Å². The average molecular weight is 408 g/mol. The van der Waals surface area contributed by atoms with Crippen molar-refractivity contribution in [3.05, 3.63) is 47.3 Å². The van der Waals surface area contributed by atoms with Gasteiger partial charge >= 0.3 is 0 Å². The number of phenolic OH excluding ortho intramolecular Hbond substituents is 1. The summed E-state index contributed by atoms with van der Waals surface area (Å²) in [5, 5.41) is 9.54. The normalized spacial score (nSPS) is 15.8. The molecule has 2 aromatic rings. The van der Waals surface area contributed by atoms with Gasteiger partial charge in [0.05, 0.1) is 17.9 Å². The number of imide groups is 1. The van der Waals surface area contributed by atoms with Gasteiger partial charge in [-0.1, -0.05) is 5.92 Å². The first-order chi connectivity index (χ1) is 14.3. The second-order valence-electron chi connectivity index (χ2n) is 7.24. The Labute approximate surface area is 171 Å². The minimum atomic E-state index is -1.01. The third-order valence-electron chi connectivity index (χ3n) is 5.24. The Hall–Kier alpha value is -3.86. The highest BCUT2D eigenvalue weighted by atomic mass is 19.1. The van der Waals surface area contributed by atoms with Gasteiger partial charge in [-0.3, -0.25) is 19.3 Å². The zero-order valence-electron chi connectivity index (χ0n) is 16.0. The number of aryl methyl sites for hydroxylation is 1. The predicted octanol–water partition coefficient (Wildman–Crippen LogP) is 2.53. The van der Waals surface area contributed by atoms with Crippen LogP contribution in [-0.2, 0) is 9.59 Å². The minimum Gasteiger partial charge on any atom is -0.508 e. The number of ether oxygens (including phenoxy) is 1. The largest absolute Gasteiger partial charge is 0.508 e. The number of carbonyl (C=O) groups is 3. The molecule has 2 aromatic carbocycles. The van der Waals surface area contributed by atoms with Crippen molar-refractivity contribution >= 4 is 29.6 Å². The van der Waals surface area contributed by atoms with Gasteiger partial charge in [0.25, 0.3) is 11.8 Å². The zero-order valence-corrected chi connectivity index (χ0v) is 16.0. The molecule has 1 N–H and O–H groups in total. The minimum absolute atomic E-state index is 0.0451. The second-order valence-corrected chi connectivity index (χ2v) is 7.24. The van der Waals surface area contributed by atoms with Crippen LogP contribution >= 0.6 is 0 Å². The van der Waals surface area contributed by atoms with Crippen LogP contribution in [0.5, 0.6) is 11.5 Å². The van der Waals surface area contributed by atoms with Crippen molar-refractivity contribution in [1.82, 2.24) is 0 Å². The van der Waals surface area contributed by atoms with Crippen molar-refractivity contribution < 1.29 is 28.6 Å². The van der Waals surface area contributed by atoms with Gasteiger partial charge in [-0.15, -0.1) is 6.42 Å². The predicted molar refractivity (Wildman–Crippen MR) is 106 cm³/mol. The number of hydrogen-bond acceptors (Lipinski definition) is 5. The highest BCUT2D eigenvalue weighted by Crippen LogP contribution is 2.50. The lowest BCUT2D eigenvalue weighted by Gasteiger charge is -2.34. The SMILES string of the molecule is C#CCN1C(=O)C2(CC2)Oc2cc(F)c(N(C=O)C(=O)c3ccc(O)cc3C)cc21. The molecule has 0 atom stereocenters. The number of amides is 3. The average Bonchev–Trinajstić information content (AvgIpc) is 3.47. The molecule has 0 aromatic heterocycles. The van der Waals surface area contributed by atoms with E-state index in [2.05, 4.69) is 5.92 Å². The number of rotatable bonds is 4. The summed E-state index contributed by atoms with van der Waals surface area (Å²) in [5.74, 6) is 0.498. The number of nitrogens with zero attached hydrogens (tertiary/aromatic N) is 2. The van der Waals surface area contributed by atoms with E-state index < -0.39 is 17.3 Å². The second kappa shape index (κ2) is 6.88. The molecule has 0 bridgehead atoms. The van der Waals surface area contributed by atoms with Crippen LogP contribution in [-0.4, -0.2) is 35.5 Å². The van der Waals surface area contributed by atoms with E-state index in [4.69, 9.17) is 11.2 Å². The highest BCUT2D eigenvalue weighted by Gasteiger charge is 2.58. The third kappa shape index (κ3) is 2.95. The first kappa shape index (κ1) is 19.5. The van der Waals surface area contributed by atoms with E-state index in [9.17, 15) is 23.9 Å². The van der Waals surface area contributed by atoms with Crippen LogP contribution in [0.1, 0.15) is 28.8 Å². The van der Waals surface area contributed by atoms with E-state index in [0.29, 0.717) is 23.3 Å². The molecule has 4 rings (SSSR count). The van der Waals surface area contributed by atoms with Gasteiger partial charge in [0.15, 0.2) is 11.4 Å². The van der Waals surface area contributed by atoms with Crippen molar-refractivity contribution in [2.45, 2.75) is 25.4 Å². The number of carbonyl (C=O) groups excluding carboxylic acids is 3. The molecule has 1 heterocycles. The summed E-state index contributed by atoms with van der Waals surface area (Å²) in [7, 11) is 0. The number of anilines is 2. The Morgan fingerprint density at radius 3 is 2.73 bits per heavy atom. The standard InChI is InChI=1S/C22H17FN2O5/c1-3-8-24-18-11-17(16(23)10-19(18)30-22(6-7-22)21(24)29)25(12-26)20(28)15-5-4-14(27)9-13(15)2/h1,4-5,9-12,27H,6-8H2,2H3. The summed E-state index contributed by atoms with van der Waals surface area (Å²) in [6.07, 6.45) is 6.61. The molecule has 2 aliphatic rings. The molecule has 152 valence electrons. The van der Waals surface area contributed by atoms with Crippen LogP contribution in [0.25, 0.3) is 0 Å². The summed E-state index contributed by atoms with van der Waals surface area (Å²) in [4.78, 5) is 39.3. The molecule has 0 unspecified atom stereocenters. The van der Waals surface area contributed by atoms with Gasteiger partial charge in [-0.2, -0.15) is 0 Å². The Kier molecular flexibility index (Phi) is 4.46. The number of aromatic hydroxyl groups is 1. The topological polar surface area (TPSA) is 87.2 Å². The molecule has 3 amide bonds. The van der Waals surface area contributed by atoms with Crippen LogP contribution in [0.4, 0.5) is 15.8 Å². The summed E-state index contributed by atoms with van der Waals surface area (Å²) < 4.78 is 20.6. The fourth-order valence-corrected chi connectivity index (χ4v) is 3.53. The lowest BCUT2D eigenvalue weighted by atomic mass is 10.1. The van der Waals surface area contributed by atoms with E-state index in [0.717, 1.165) is 6.07 Å². The van der Waals surface area contributed by atoms with Gasteiger partial charge < -0.3 is 9.84 Å². The molecule has 1 spiro atoms. The maximum atomic E-state index is 14.9. The van der Waals surface area contributed by atoms with Gasteiger partial charge in [-0.25, -0.2) is 9.29 Å². The van der Waals surface area contributed by atoms with E-state index in [1.165, 1.54) is 29.2 Å². The van der Waals surface area contributed by atoms with Crippen molar-refractivity contribution in [3.63, 3.8) is 0 Å². The van der Waals surface area contributed by atoms with E-state index in [1.54, 1.807) is 6.92 Å². The third-order valence-corrected chi connectivity index (χ3v) is 5.24. The maximum absolute atomic E-state index is 14.9. The Morgan fingerprint density at radius 1 is 1.40 bits per heavy atom. The summed E-state index contributed by atoms with van der Waals surface area (Å²) in [5.41, 5.74) is -0.642. The van der Waals surface area contributed by atoms with Gasteiger partial charge in [-0.05, 0) is 36.8 Å². The molecule has 1 aliphatic carbocycles. The maximum Gasteiger partial charge on any atom is 0.272 e. The fraction of sp³-hybridized carbons (Fsp3) is 0.227. The van der Waals surface area contributed by atoms with Crippen molar-refractivity contribution in [1.29, 1.82) is 0 Å². The van der Waals surface area contributed by atoms with Crippen LogP contribution in [0.3, 0.4) is 0 Å². The monoisotopic (exact) mass is 408 g/mol. The van der Waals surface area contributed by atoms with Crippen LogP contribution in [0, 0.1) is 25.1 Å². The van der Waals surface area contributed by atoms with Gasteiger partial charge in [0.1, 0.15) is 11.5 Å². The lowest BCUT2D eigenvalue weighted by molar-refractivity contribution is -0.128. The quantitative estimate of drug-likeness (QED) is 0.621. The Bertz CT molecular complexity index is 1130. The molecule has 0 radical (unpaired) electrons. The highest BCUT2D eigenvalue weighted by molar-refractivity contribution is 6.17. The lowest BCUT2D eigenvalue weighted by Crippen LogP contribution is -2.48. The zero-order chi connectivity index (χ0) is 21.6. The van der Waals surface area contributed by atoms with Crippen LogP contribution < -0.4 is 14.5 Å². The van der Waals surface area contributed by atoms with Crippen molar-refractivity contribution in [2.24, 2.45) is 0 Å².